The number of carbonyl (C=O) groups is 2. The molecule has 11 heteroatoms. The van der Waals surface area contributed by atoms with E-state index in [9.17, 15) is 18.0 Å². The summed E-state index contributed by atoms with van der Waals surface area (Å²) in [7, 11) is -2.02. The van der Waals surface area contributed by atoms with Gasteiger partial charge in [0.2, 0.25) is 10.0 Å². The molecule has 232 valence electrons. The van der Waals surface area contributed by atoms with Gasteiger partial charge in [-0.3, -0.25) is 9.80 Å². The molecule has 5 rings (SSSR count). The van der Waals surface area contributed by atoms with Crippen LogP contribution >= 0.6 is 0 Å². The number of aryl methyl sites for hydroxylation is 1. The van der Waals surface area contributed by atoms with Crippen molar-refractivity contribution < 1.29 is 27.5 Å². The predicted octanol–water partition coefficient (Wildman–Crippen LogP) is 4.70. The average molecular weight is 619 g/mol. The number of nitrogens with one attached hydrogen (secondary N) is 1. The van der Waals surface area contributed by atoms with Crippen LogP contribution < -0.4 is 10.1 Å². The Morgan fingerprint density at radius 2 is 1.66 bits per heavy atom. The molecular weight excluding hydrogens is 580 g/mol. The molecule has 3 aromatic rings. The van der Waals surface area contributed by atoms with Gasteiger partial charge < -0.3 is 14.8 Å². The molecule has 3 aromatic carbocycles. The quantitative estimate of drug-likeness (QED) is 0.347. The lowest BCUT2D eigenvalue weighted by Crippen LogP contribution is -2.49. The standard InChI is InChI=1S/C33H38N4O6S/c1-4-42-32(38)30-29(23-36-18-9-19-37(21-20-36)44(40,41)28-16-14-24(2)15-17-28)35(3)33(39)34-31(30)25-10-8-13-27(22-25)43-26-11-6-5-7-12-26/h5-8,10-17,22,31H,4,9,18-21,23H2,1-3H3,(H,34,39)/t31-/m1/s1. The number of esters is 1. The highest BCUT2D eigenvalue weighted by Gasteiger charge is 2.38. The van der Waals surface area contributed by atoms with Crippen molar-refractivity contribution in [2.75, 3.05) is 46.4 Å². The molecule has 2 aliphatic rings. The van der Waals surface area contributed by atoms with Crippen molar-refractivity contribution in [2.45, 2.75) is 31.2 Å². The number of sulfonamides is 1. The van der Waals surface area contributed by atoms with Crippen LogP contribution in [0.4, 0.5) is 4.79 Å². The molecule has 2 heterocycles. The Labute approximate surface area is 258 Å². The maximum absolute atomic E-state index is 13.5. The van der Waals surface area contributed by atoms with Crippen LogP contribution in [-0.2, 0) is 19.6 Å². The molecule has 2 amide bonds. The smallest absolute Gasteiger partial charge is 0.338 e. The van der Waals surface area contributed by atoms with E-state index in [1.54, 1.807) is 44.3 Å². The molecule has 10 nitrogen and oxygen atoms in total. The van der Waals surface area contributed by atoms with Crippen molar-refractivity contribution in [1.29, 1.82) is 0 Å². The SMILES string of the molecule is CCOC(=O)C1=C(CN2CCCN(S(=O)(=O)c3ccc(C)cc3)CC2)N(C)C(=O)N[C@@H]1c1cccc(Oc2ccccc2)c1. The van der Waals surface area contributed by atoms with Gasteiger partial charge in [0.15, 0.2) is 0 Å². The van der Waals surface area contributed by atoms with Gasteiger partial charge in [0.25, 0.3) is 0 Å². The molecule has 0 spiro atoms. The van der Waals surface area contributed by atoms with Crippen LogP contribution in [0.5, 0.6) is 11.5 Å². The number of hydrogen-bond donors (Lipinski definition) is 1. The second kappa shape index (κ2) is 13.6. The van der Waals surface area contributed by atoms with Gasteiger partial charge in [0, 0.05) is 38.9 Å². The van der Waals surface area contributed by atoms with Gasteiger partial charge in [-0.2, -0.15) is 4.31 Å². The summed E-state index contributed by atoms with van der Waals surface area (Å²) in [5, 5.41) is 2.96. The average Bonchev–Trinajstić information content (AvgIpc) is 3.26. The van der Waals surface area contributed by atoms with Crippen molar-refractivity contribution in [3.63, 3.8) is 0 Å². The normalized spacial score (nSPS) is 18.5. The molecular formula is C33H38N4O6S. The molecule has 0 aliphatic carbocycles. The molecule has 1 N–H and O–H groups in total. The summed E-state index contributed by atoms with van der Waals surface area (Å²) in [6.07, 6.45) is 0.603. The van der Waals surface area contributed by atoms with E-state index in [-0.39, 0.29) is 30.6 Å². The van der Waals surface area contributed by atoms with Gasteiger partial charge in [-0.05, 0) is 68.8 Å². The summed E-state index contributed by atoms with van der Waals surface area (Å²) in [4.78, 5) is 30.6. The monoisotopic (exact) mass is 618 g/mol. The lowest BCUT2D eigenvalue weighted by atomic mass is 9.94. The van der Waals surface area contributed by atoms with Crippen molar-refractivity contribution >= 4 is 22.0 Å². The minimum Gasteiger partial charge on any atom is -0.463 e. The molecule has 1 atom stereocenters. The van der Waals surface area contributed by atoms with E-state index in [1.165, 1.54) is 9.21 Å². The Balaban J connectivity index is 1.42. The zero-order valence-electron chi connectivity index (χ0n) is 25.2. The first kappa shape index (κ1) is 31.2. The highest BCUT2D eigenvalue weighted by Crippen LogP contribution is 2.34. The van der Waals surface area contributed by atoms with Crippen LogP contribution in [0.2, 0.25) is 0 Å². The Hall–Kier alpha value is -4.19. The van der Waals surface area contributed by atoms with Crippen molar-refractivity contribution in [2.24, 2.45) is 0 Å². The summed E-state index contributed by atoms with van der Waals surface area (Å²) in [5.41, 5.74) is 2.51. The topological polar surface area (TPSA) is 108 Å². The molecule has 2 aliphatic heterocycles. The molecule has 0 radical (unpaired) electrons. The van der Waals surface area contributed by atoms with E-state index in [0.29, 0.717) is 54.4 Å². The minimum absolute atomic E-state index is 0.173. The summed E-state index contributed by atoms with van der Waals surface area (Å²) in [5.74, 6) is 0.708. The summed E-state index contributed by atoms with van der Waals surface area (Å²) < 4.78 is 39.8. The van der Waals surface area contributed by atoms with Crippen LogP contribution in [0, 0.1) is 6.92 Å². The van der Waals surface area contributed by atoms with Crippen LogP contribution in [-0.4, -0.2) is 80.9 Å². The third-order valence-corrected chi connectivity index (χ3v) is 9.74. The van der Waals surface area contributed by atoms with E-state index in [1.807, 2.05) is 55.5 Å². The Morgan fingerprint density at radius 1 is 0.932 bits per heavy atom. The maximum atomic E-state index is 13.5. The third-order valence-electron chi connectivity index (χ3n) is 7.82. The zero-order chi connectivity index (χ0) is 31.3. The maximum Gasteiger partial charge on any atom is 0.338 e. The molecule has 44 heavy (non-hydrogen) atoms. The molecule has 0 unspecified atom stereocenters. The fourth-order valence-electron chi connectivity index (χ4n) is 5.45. The first-order chi connectivity index (χ1) is 21.2. The van der Waals surface area contributed by atoms with Gasteiger partial charge >= 0.3 is 12.0 Å². The van der Waals surface area contributed by atoms with E-state index < -0.39 is 22.0 Å². The van der Waals surface area contributed by atoms with E-state index in [0.717, 1.165) is 5.56 Å². The number of nitrogens with zero attached hydrogens (tertiary/aromatic N) is 3. The highest BCUT2D eigenvalue weighted by molar-refractivity contribution is 7.89. The lowest BCUT2D eigenvalue weighted by Gasteiger charge is -2.36. The molecule has 0 saturated carbocycles. The van der Waals surface area contributed by atoms with Crippen molar-refractivity contribution in [3.05, 3.63) is 101 Å². The number of rotatable bonds is 9. The van der Waals surface area contributed by atoms with Gasteiger partial charge in [-0.15, -0.1) is 0 Å². The Kier molecular flexibility index (Phi) is 9.68. The zero-order valence-corrected chi connectivity index (χ0v) is 26.0. The molecule has 0 bridgehead atoms. The van der Waals surface area contributed by atoms with Gasteiger partial charge in [-0.25, -0.2) is 18.0 Å². The van der Waals surface area contributed by atoms with Crippen LogP contribution in [0.3, 0.4) is 0 Å². The summed E-state index contributed by atoms with van der Waals surface area (Å²) in [6, 6.07) is 22.4. The molecule has 1 saturated heterocycles. The Bertz CT molecular complexity index is 1630. The van der Waals surface area contributed by atoms with Crippen LogP contribution in [0.15, 0.2) is 95.0 Å². The summed E-state index contributed by atoms with van der Waals surface area (Å²) in [6.45, 7) is 5.80. The number of carbonyl (C=O) groups excluding carboxylic acids is 2. The van der Waals surface area contributed by atoms with Crippen molar-refractivity contribution in [3.8, 4) is 11.5 Å². The number of para-hydroxylation sites is 1. The van der Waals surface area contributed by atoms with Crippen molar-refractivity contribution in [1.82, 2.24) is 19.4 Å². The number of ether oxygens (including phenoxy) is 2. The lowest BCUT2D eigenvalue weighted by molar-refractivity contribution is -0.139. The first-order valence-corrected chi connectivity index (χ1v) is 16.2. The number of hydrogen-bond acceptors (Lipinski definition) is 7. The van der Waals surface area contributed by atoms with E-state index >= 15 is 0 Å². The summed E-state index contributed by atoms with van der Waals surface area (Å²) >= 11 is 0. The molecule has 0 aromatic heterocycles. The fraction of sp³-hybridized carbons (Fsp3) is 0.333. The number of urea groups is 1. The Morgan fingerprint density at radius 3 is 2.39 bits per heavy atom. The van der Waals surface area contributed by atoms with Gasteiger partial charge in [0.05, 0.1) is 23.1 Å². The van der Waals surface area contributed by atoms with Gasteiger partial charge in [-0.1, -0.05) is 48.0 Å². The predicted molar refractivity (Wildman–Crippen MR) is 167 cm³/mol. The van der Waals surface area contributed by atoms with Crippen LogP contribution in [0.25, 0.3) is 0 Å². The largest absolute Gasteiger partial charge is 0.463 e. The van der Waals surface area contributed by atoms with Crippen LogP contribution in [0.1, 0.15) is 30.5 Å². The van der Waals surface area contributed by atoms with E-state index in [4.69, 9.17) is 9.47 Å². The van der Waals surface area contributed by atoms with E-state index in [2.05, 4.69) is 10.2 Å². The first-order valence-electron chi connectivity index (χ1n) is 14.7. The molecule has 1 fully saturated rings. The fourth-order valence-corrected chi connectivity index (χ4v) is 6.92. The second-order valence-electron chi connectivity index (χ2n) is 10.9. The van der Waals surface area contributed by atoms with Gasteiger partial charge in [0.1, 0.15) is 11.5 Å². The number of likely N-dealkylation sites (N-methyl/N-ethyl adjacent to an activating group) is 1. The minimum atomic E-state index is -3.65. The number of amides is 2. The second-order valence-corrected chi connectivity index (χ2v) is 12.8. The number of benzene rings is 3. The highest BCUT2D eigenvalue weighted by atomic mass is 32.2. The third kappa shape index (κ3) is 6.96.